The van der Waals surface area contributed by atoms with E-state index in [0.717, 1.165) is 12.8 Å². The van der Waals surface area contributed by atoms with Gasteiger partial charge in [-0.15, -0.1) is 0 Å². The first kappa shape index (κ1) is 13.8. The van der Waals surface area contributed by atoms with Gasteiger partial charge < -0.3 is 5.73 Å². The van der Waals surface area contributed by atoms with E-state index in [-0.39, 0.29) is 6.04 Å². The third kappa shape index (κ3) is 2.87. The summed E-state index contributed by atoms with van der Waals surface area (Å²) in [6.07, 6.45) is 2.28. The van der Waals surface area contributed by atoms with Gasteiger partial charge in [-0.25, -0.2) is 0 Å². The fourth-order valence-electron chi connectivity index (χ4n) is 2.69. The molecule has 0 aromatic heterocycles. The second-order valence-electron chi connectivity index (χ2n) is 5.23. The molecule has 1 atom stereocenters. The predicted molar refractivity (Wildman–Crippen MR) is 83.2 cm³/mol. The van der Waals surface area contributed by atoms with Crippen molar-refractivity contribution >= 4 is 0 Å². The molecule has 100 valence electrons. The lowest BCUT2D eigenvalue weighted by molar-refractivity contribution is 0.818. The summed E-state index contributed by atoms with van der Waals surface area (Å²) in [6, 6.07) is 15.2. The van der Waals surface area contributed by atoms with Crippen molar-refractivity contribution in [2.75, 3.05) is 0 Å². The zero-order chi connectivity index (χ0) is 13.8. The number of aryl methyl sites for hydroxylation is 2. The quantitative estimate of drug-likeness (QED) is 0.844. The molecule has 0 saturated heterocycles. The van der Waals surface area contributed by atoms with Gasteiger partial charge in [-0.2, -0.15) is 0 Å². The van der Waals surface area contributed by atoms with Crippen LogP contribution in [0, 0.1) is 6.92 Å². The Labute approximate surface area is 116 Å². The average molecular weight is 253 g/mol. The molecule has 2 N–H and O–H groups in total. The van der Waals surface area contributed by atoms with E-state index in [1.54, 1.807) is 0 Å². The van der Waals surface area contributed by atoms with E-state index in [1.807, 2.05) is 0 Å². The van der Waals surface area contributed by atoms with E-state index in [4.69, 9.17) is 5.73 Å². The molecule has 0 aliphatic heterocycles. The van der Waals surface area contributed by atoms with Crippen LogP contribution in [0.3, 0.4) is 0 Å². The van der Waals surface area contributed by atoms with Crippen molar-refractivity contribution in [3.63, 3.8) is 0 Å². The highest BCUT2D eigenvalue weighted by molar-refractivity contribution is 5.74. The van der Waals surface area contributed by atoms with Gasteiger partial charge in [-0.05, 0) is 48.1 Å². The van der Waals surface area contributed by atoms with E-state index in [2.05, 4.69) is 63.2 Å². The normalized spacial score (nSPS) is 12.4. The summed E-state index contributed by atoms with van der Waals surface area (Å²) in [7, 11) is 0. The van der Waals surface area contributed by atoms with Crippen molar-refractivity contribution in [2.24, 2.45) is 5.73 Å². The molecule has 1 heteroatoms. The number of nitrogens with two attached hydrogens (primary N) is 1. The molecule has 2 aromatic carbocycles. The van der Waals surface area contributed by atoms with E-state index in [1.165, 1.54) is 27.8 Å². The van der Waals surface area contributed by atoms with Gasteiger partial charge in [0.2, 0.25) is 0 Å². The minimum atomic E-state index is 0.0598. The van der Waals surface area contributed by atoms with Crippen LogP contribution in [0.25, 0.3) is 11.1 Å². The zero-order valence-electron chi connectivity index (χ0n) is 12.1. The Bertz CT molecular complexity index is 555. The Balaban J connectivity index is 2.64. The second kappa shape index (κ2) is 6.03. The maximum atomic E-state index is 6.14. The lowest BCUT2D eigenvalue weighted by Gasteiger charge is -2.18. The van der Waals surface area contributed by atoms with Crippen molar-refractivity contribution in [1.82, 2.24) is 0 Å². The lowest BCUT2D eigenvalue weighted by Crippen LogP contribution is -2.08. The molecule has 0 unspecified atom stereocenters. The minimum Gasteiger partial charge on any atom is -0.324 e. The van der Waals surface area contributed by atoms with Crippen molar-refractivity contribution in [2.45, 2.75) is 39.7 Å². The highest BCUT2D eigenvalue weighted by Gasteiger charge is 2.13. The summed E-state index contributed by atoms with van der Waals surface area (Å²) >= 11 is 0. The molecule has 0 aliphatic carbocycles. The molecule has 0 bridgehead atoms. The van der Waals surface area contributed by atoms with Gasteiger partial charge in [-0.1, -0.05) is 55.8 Å². The lowest BCUT2D eigenvalue weighted by atomic mass is 9.88. The highest BCUT2D eigenvalue weighted by atomic mass is 14.6. The minimum absolute atomic E-state index is 0.0598. The van der Waals surface area contributed by atoms with E-state index >= 15 is 0 Å². The van der Waals surface area contributed by atoms with Crippen LogP contribution in [0.2, 0.25) is 0 Å². The van der Waals surface area contributed by atoms with Gasteiger partial charge in [-0.3, -0.25) is 0 Å². The third-order valence-electron chi connectivity index (χ3n) is 3.60. The van der Waals surface area contributed by atoms with Crippen LogP contribution in [0.4, 0.5) is 0 Å². The van der Waals surface area contributed by atoms with Crippen LogP contribution in [-0.4, -0.2) is 0 Å². The molecular formula is C18H23N. The zero-order valence-corrected chi connectivity index (χ0v) is 12.1. The maximum absolute atomic E-state index is 6.14. The summed E-state index contributed by atoms with van der Waals surface area (Å²) < 4.78 is 0. The standard InChI is InChI=1S/C18H23N/c1-4-8-15-10-5-6-11-17(15)18-13(2)9-7-12-16(18)14(3)19/h5-7,9-12,14H,4,8,19H2,1-3H3/t14-/m1/s1. The van der Waals surface area contributed by atoms with Crippen molar-refractivity contribution < 1.29 is 0 Å². The summed E-state index contributed by atoms with van der Waals surface area (Å²) in [5, 5.41) is 0. The summed E-state index contributed by atoms with van der Waals surface area (Å²) in [5.74, 6) is 0. The smallest absolute Gasteiger partial charge is 0.0272 e. The monoisotopic (exact) mass is 253 g/mol. The Morgan fingerprint density at radius 2 is 1.79 bits per heavy atom. The van der Waals surface area contributed by atoms with Crippen molar-refractivity contribution in [1.29, 1.82) is 0 Å². The fraction of sp³-hybridized carbons (Fsp3) is 0.333. The van der Waals surface area contributed by atoms with Crippen LogP contribution in [0.1, 0.15) is 43.0 Å². The summed E-state index contributed by atoms with van der Waals surface area (Å²) in [5.41, 5.74) is 12.8. The van der Waals surface area contributed by atoms with Crippen LogP contribution in [0.5, 0.6) is 0 Å². The Morgan fingerprint density at radius 3 is 2.47 bits per heavy atom. The summed E-state index contributed by atoms with van der Waals surface area (Å²) in [4.78, 5) is 0. The molecule has 2 aromatic rings. The molecule has 1 nitrogen and oxygen atoms in total. The van der Waals surface area contributed by atoms with Crippen LogP contribution in [-0.2, 0) is 6.42 Å². The van der Waals surface area contributed by atoms with Crippen molar-refractivity contribution in [3.05, 3.63) is 59.2 Å². The molecular weight excluding hydrogens is 230 g/mol. The van der Waals surface area contributed by atoms with Gasteiger partial charge in [0, 0.05) is 6.04 Å². The van der Waals surface area contributed by atoms with Crippen molar-refractivity contribution in [3.8, 4) is 11.1 Å². The van der Waals surface area contributed by atoms with Gasteiger partial charge in [0.15, 0.2) is 0 Å². The number of benzene rings is 2. The second-order valence-corrected chi connectivity index (χ2v) is 5.23. The first-order valence-corrected chi connectivity index (χ1v) is 7.08. The van der Waals surface area contributed by atoms with E-state index < -0.39 is 0 Å². The van der Waals surface area contributed by atoms with Crippen LogP contribution < -0.4 is 5.73 Å². The summed E-state index contributed by atoms with van der Waals surface area (Å²) in [6.45, 7) is 6.45. The highest BCUT2D eigenvalue weighted by Crippen LogP contribution is 2.33. The number of hydrogen-bond donors (Lipinski definition) is 1. The van der Waals surface area contributed by atoms with Gasteiger partial charge >= 0.3 is 0 Å². The van der Waals surface area contributed by atoms with Gasteiger partial charge in [0.1, 0.15) is 0 Å². The number of rotatable bonds is 4. The topological polar surface area (TPSA) is 26.0 Å². The molecule has 0 fully saturated rings. The van der Waals surface area contributed by atoms with Crippen LogP contribution >= 0.6 is 0 Å². The molecule has 0 amide bonds. The Kier molecular flexibility index (Phi) is 4.39. The first-order valence-electron chi connectivity index (χ1n) is 7.08. The van der Waals surface area contributed by atoms with Gasteiger partial charge in [0.05, 0.1) is 0 Å². The average Bonchev–Trinajstić information content (AvgIpc) is 2.40. The van der Waals surface area contributed by atoms with Crippen LogP contribution in [0.15, 0.2) is 42.5 Å². The van der Waals surface area contributed by atoms with E-state index in [0.29, 0.717) is 0 Å². The molecule has 0 saturated carbocycles. The Morgan fingerprint density at radius 1 is 1.05 bits per heavy atom. The maximum Gasteiger partial charge on any atom is 0.0272 e. The molecule has 19 heavy (non-hydrogen) atoms. The Hall–Kier alpha value is -1.60. The molecule has 0 spiro atoms. The van der Waals surface area contributed by atoms with E-state index in [9.17, 15) is 0 Å². The molecule has 0 aliphatic rings. The largest absolute Gasteiger partial charge is 0.324 e. The predicted octanol–water partition coefficient (Wildman–Crippen LogP) is 4.63. The first-order chi connectivity index (χ1) is 9.15. The molecule has 0 radical (unpaired) electrons. The SMILES string of the molecule is CCCc1ccccc1-c1c(C)cccc1[C@@H](C)N. The fourth-order valence-corrected chi connectivity index (χ4v) is 2.69. The molecule has 0 heterocycles. The van der Waals surface area contributed by atoms with Gasteiger partial charge in [0.25, 0.3) is 0 Å². The molecule has 2 rings (SSSR count). The third-order valence-corrected chi connectivity index (χ3v) is 3.60. The number of hydrogen-bond acceptors (Lipinski definition) is 1.